The monoisotopic (exact) mass is 258 g/mol. The minimum absolute atomic E-state index is 0.152. The zero-order valence-electron chi connectivity index (χ0n) is 10.3. The van der Waals surface area contributed by atoms with Gasteiger partial charge in [-0.05, 0) is 26.8 Å². The van der Waals surface area contributed by atoms with Crippen molar-refractivity contribution in [1.29, 1.82) is 0 Å². The second kappa shape index (κ2) is 4.40. The molecular weight excluding hydrogens is 240 g/mol. The van der Waals surface area contributed by atoms with Gasteiger partial charge in [0.1, 0.15) is 0 Å². The summed E-state index contributed by atoms with van der Waals surface area (Å²) in [5.74, 6) is 0. The molecule has 0 amide bonds. The third-order valence-corrected chi connectivity index (χ3v) is 4.96. The number of H-pyrrole nitrogens is 1. The molecule has 0 radical (unpaired) electrons. The number of aromatic nitrogens is 2. The SMILES string of the molecule is CNCc1c(S(=O)(=O)N(C)C2CC2)n[nH]c1C. The summed E-state index contributed by atoms with van der Waals surface area (Å²) >= 11 is 0. The predicted molar refractivity (Wildman–Crippen MR) is 64.1 cm³/mol. The van der Waals surface area contributed by atoms with E-state index in [-0.39, 0.29) is 11.1 Å². The Morgan fingerprint density at radius 2 is 2.18 bits per heavy atom. The van der Waals surface area contributed by atoms with Crippen molar-refractivity contribution >= 4 is 10.0 Å². The minimum atomic E-state index is -3.46. The molecule has 1 heterocycles. The van der Waals surface area contributed by atoms with Gasteiger partial charge < -0.3 is 5.32 Å². The van der Waals surface area contributed by atoms with E-state index in [4.69, 9.17) is 0 Å². The molecule has 96 valence electrons. The van der Waals surface area contributed by atoms with Gasteiger partial charge in [-0.25, -0.2) is 8.42 Å². The van der Waals surface area contributed by atoms with Gasteiger partial charge >= 0.3 is 0 Å². The molecule has 0 spiro atoms. The van der Waals surface area contributed by atoms with Gasteiger partial charge in [-0.3, -0.25) is 5.10 Å². The van der Waals surface area contributed by atoms with Gasteiger partial charge in [0.25, 0.3) is 10.0 Å². The van der Waals surface area contributed by atoms with E-state index < -0.39 is 10.0 Å². The van der Waals surface area contributed by atoms with Crippen molar-refractivity contribution in [2.24, 2.45) is 0 Å². The van der Waals surface area contributed by atoms with Crippen molar-refractivity contribution in [3.05, 3.63) is 11.3 Å². The van der Waals surface area contributed by atoms with Crippen LogP contribution in [0.1, 0.15) is 24.1 Å². The van der Waals surface area contributed by atoms with Gasteiger partial charge in [-0.2, -0.15) is 9.40 Å². The first kappa shape index (κ1) is 12.5. The van der Waals surface area contributed by atoms with Crippen LogP contribution in [0.5, 0.6) is 0 Å². The first-order chi connectivity index (χ1) is 7.98. The Hall–Kier alpha value is -0.920. The van der Waals surface area contributed by atoms with Gasteiger partial charge in [0.05, 0.1) is 0 Å². The molecule has 0 aliphatic heterocycles. The highest BCUT2D eigenvalue weighted by Crippen LogP contribution is 2.31. The molecular formula is C10H18N4O2S. The fraction of sp³-hybridized carbons (Fsp3) is 0.700. The minimum Gasteiger partial charge on any atom is -0.316 e. The fourth-order valence-corrected chi connectivity index (χ4v) is 3.37. The quantitative estimate of drug-likeness (QED) is 0.792. The van der Waals surface area contributed by atoms with Crippen molar-refractivity contribution < 1.29 is 8.42 Å². The van der Waals surface area contributed by atoms with Crippen LogP contribution in [-0.2, 0) is 16.6 Å². The van der Waals surface area contributed by atoms with Crippen LogP contribution < -0.4 is 5.32 Å². The molecule has 0 atom stereocenters. The lowest BCUT2D eigenvalue weighted by Crippen LogP contribution is -2.30. The van der Waals surface area contributed by atoms with Gasteiger partial charge in [-0.1, -0.05) is 0 Å². The normalized spacial score (nSPS) is 16.7. The van der Waals surface area contributed by atoms with Crippen LogP contribution in [0.4, 0.5) is 0 Å². The first-order valence-electron chi connectivity index (χ1n) is 5.65. The second-order valence-corrected chi connectivity index (χ2v) is 6.33. The largest absolute Gasteiger partial charge is 0.316 e. The molecule has 1 fully saturated rings. The average molecular weight is 258 g/mol. The molecule has 0 aromatic carbocycles. The van der Waals surface area contributed by atoms with E-state index in [0.717, 1.165) is 24.1 Å². The molecule has 7 heteroatoms. The zero-order valence-corrected chi connectivity index (χ0v) is 11.1. The van der Waals surface area contributed by atoms with Crippen molar-refractivity contribution in [1.82, 2.24) is 19.8 Å². The van der Waals surface area contributed by atoms with Crippen molar-refractivity contribution in [3.8, 4) is 0 Å². The number of nitrogens with one attached hydrogen (secondary N) is 2. The van der Waals surface area contributed by atoms with Crippen LogP contribution >= 0.6 is 0 Å². The Balaban J connectivity index is 2.38. The maximum atomic E-state index is 12.3. The van der Waals surface area contributed by atoms with Crippen molar-refractivity contribution in [3.63, 3.8) is 0 Å². The molecule has 1 aromatic heterocycles. The van der Waals surface area contributed by atoms with Gasteiger partial charge in [0.2, 0.25) is 0 Å². The summed E-state index contributed by atoms with van der Waals surface area (Å²) in [4.78, 5) is 0. The Kier molecular flexibility index (Phi) is 3.24. The van der Waals surface area contributed by atoms with Crippen molar-refractivity contribution in [2.75, 3.05) is 14.1 Å². The highest BCUT2D eigenvalue weighted by atomic mass is 32.2. The Morgan fingerprint density at radius 1 is 1.53 bits per heavy atom. The highest BCUT2D eigenvalue weighted by molar-refractivity contribution is 7.89. The van der Waals surface area contributed by atoms with Crippen LogP contribution in [0.3, 0.4) is 0 Å². The lowest BCUT2D eigenvalue weighted by Gasteiger charge is -2.15. The summed E-state index contributed by atoms with van der Waals surface area (Å²) in [6, 6.07) is 0.152. The van der Waals surface area contributed by atoms with E-state index in [0.29, 0.717) is 6.54 Å². The smallest absolute Gasteiger partial charge is 0.262 e. The van der Waals surface area contributed by atoms with E-state index >= 15 is 0 Å². The molecule has 6 nitrogen and oxygen atoms in total. The molecule has 0 saturated heterocycles. The van der Waals surface area contributed by atoms with Gasteiger partial charge in [-0.15, -0.1) is 0 Å². The molecule has 1 aliphatic rings. The number of hydrogen-bond acceptors (Lipinski definition) is 4. The summed E-state index contributed by atoms with van der Waals surface area (Å²) in [7, 11) is -0.0465. The Morgan fingerprint density at radius 3 is 2.71 bits per heavy atom. The third-order valence-electron chi connectivity index (χ3n) is 3.07. The molecule has 0 bridgehead atoms. The summed E-state index contributed by atoms with van der Waals surface area (Å²) < 4.78 is 26.1. The van der Waals surface area contributed by atoms with Crippen molar-refractivity contribution in [2.45, 2.75) is 37.4 Å². The number of hydrogen-bond donors (Lipinski definition) is 2. The third kappa shape index (κ3) is 2.22. The predicted octanol–water partition coefficient (Wildman–Crippen LogP) is 0.220. The molecule has 2 N–H and O–H groups in total. The number of nitrogens with zero attached hydrogens (tertiary/aromatic N) is 2. The van der Waals surface area contributed by atoms with E-state index in [1.807, 2.05) is 6.92 Å². The highest BCUT2D eigenvalue weighted by Gasteiger charge is 2.37. The topological polar surface area (TPSA) is 78.1 Å². The standard InChI is InChI=1S/C10H18N4O2S/c1-7-9(6-11-2)10(13-12-7)17(15,16)14(3)8-4-5-8/h8,11H,4-6H2,1-3H3,(H,12,13). The summed E-state index contributed by atoms with van der Waals surface area (Å²) in [5, 5.41) is 9.81. The molecule has 2 rings (SSSR count). The molecule has 1 aromatic rings. The molecule has 17 heavy (non-hydrogen) atoms. The molecule has 1 aliphatic carbocycles. The molecule has 1 saturated carbocycles. The molecule has 0 unspecified atom stereocenters. The Labute approximate surface area is 101 Å². The lowest BCUT2D eigenvalue weighted by molar-refractivity contribution is 0.460. The number of rotatable bonds is 5. The first-order valence-corrected chi connectivity index (χ1v) is 7.09. The summed E-state index contributed by atoms with van der Waals surface area (Å²) in [5.41, 5.74) is 1.52. The van der Waals surface area contributed by atoms with E-state index in [1.165, 1.54) is 4.31 Å². The van der Waals surface area contributed by atoms with Crippen LogP contribution in [0.15, 0.2) is 5.03 Å². The number of aromatic amines is 1. The zero-order chi connectivity index (χ0) is 12.6. The van der Waals surface area contributed by atoms with Crippen LogP contribution in [0.2, 0.25) is 0 Å². The van der Waals surface area contributed by atoms with E-state index in [1.54, 1.807) is 14.1 Å². The van der Waals surface area contributed by atoms with E-state index in [9.17, 15) is 8.42 Å². The number of sulfonamides is 1. The van der Waals surface area contributed by atoms with Gasteiger partial charge in [0.15, 0.2) is 5.03 Å². The average Bonchev–Trinajstić information content (AvgIpc) is 3.05. The summed E-state index contributed by atoms with van der Waals surface area (Å²) in [6.45, 7) is 2.32. The lowest BCUT2D eigenvalue weighted by atomic mass is 10.3. The maximum Gasteiger partial charge on any atom is 0.262 e. The van der Waals surface area contributed by atoms with Crippen LogP contribution in [0, 0.1) is 6.92 Å². The maximum absolute atomic E-state index is 12.3. The summed E-state index contributed by atoms with van der Waals surface area (Å²) in [6.07, 6.45) is 1.89. The number of aryl methyl sites for hydroxylation is 1. The fourth-order valence-electron chi connectivity index (χ4n) is 1.80. The van der Waals surface area contributed by atoms with Crippen LogP contribution in [-0.4, -0.2) is 43.1 Å². The van der Waals surface area contributed by atoms with Gasteiger partial charge in [0, 0.05) is 30.9 Å². The second-order valence-electron chi connectivity index (χ2n) is 4.42. The Bertz CT molecular complexity index is 504. The van der Waals surface area contributed by atoms with Crippen LogP contribution in [0.25, 0.3) is 0 Å². The van der Waals surface area contributed by atoms with E-state index in [2.05, 4.69) is 15.5 Å².